The number of aliphatic hydroxyl groups excluding tert-OH is 1. The molecule has 0 heterocycles. The molecule has 0 aromatic carbocycles. The largest absolute Gasteiger partial charge is 0.393 e. The fraction of sp³-hybridized carbons (Fsp3) is 1.00. The molecule has 29 heavy (non-hydrogen) atoms. The molecule has 2 aliphatic carbocycles. The van der Waals surface area contributed by atoms with E-state index < -0.39 is 0 Å². The monoisotopic (exact) mass is 408 g/mol. The Labute approximate surface area is 182 Å². The molecular formula is C27H52O2. The topological polar surface area (TPSA) is 29.5 Å². The Hall–Kier alpha value is -0.0800. The summed E-state index contributed by atoms with van der Waals surface area (Å²) >= 11 is 0. The molecule has 2 aliphatic rings. The van der Waals surface area contributed by atoms with Gasteiger partial charge in [-0.05, 0) is 37.5 Å². The molecule has 0 radical (unpaired) electrons. The number of ether oxygens (including phenoxy) is 1. The van der Waals surface area contributed by atoms with E-state index in [9.17, 15) is 5.11 Å². The van der Waals surface area contributed by atoms with Gasteiger partial charge in [0, 0.05) is 6.61 Å². The van der Waals surface area contributed by atoms with Crippen molar-refractivity contribution in [2.24, 2.45) is 11.8 Å². The predicted molar refractivity (Wildman–Crippen MR) is 125 cm³/mol. The molecule has 172 valence electrons. The molecule has 2 nitrogen and oxygen atoms in total. The number of unbranched alkanes of at least 4 members (excludes halogenated alkanes) is 17. The van der Waals surface area contributed by atoms with E-state index in [-0.39, 0.29) is 6.10 Å². The fourth-order valence-corrected chi connectivity index (χ4v) is 5.64. The molecule has 0 aromatic heterocycles. The van der Waals surface area contributed by atoms with Crippen molar-refractivity contribution in [2.75, 3.05) is 6.61 Å². The van der Waals surface area contributed by atoms with E-state index in [0.717, 1.165) is 19.4 Å². The third kappa shape index (κ3) is 11.2. The molecule has 0 aromatic rings. The van der Waals surface area contributed by atoms with Crippen molar-refractivity contribution in [3.05, 3.63) is 0 Å². The first-order chi connectivity index (χ1) is 14.3. The molecule has 2 rings (SSSR count). The number of hydrogen-bond acceptors (Lipinski definition) is 2. The van der Waals surface area contributed by atoms with E-state index in [1.54, 1.807) is 0 Å². The van der Waals surface area contributed by atoms with Gasteiger partial charge in [-0.15, -0.1) is 0 Å². The van der Waals surface area contributed by atoms with Crippen LogP contribution in [0.25, 0.3) is 0 Å². The Morgan fingerprint density at radius 3 is 1.38 bits per heavy atom. The predicted octanol–water partition coefficient (Wildman–Crippen LogP) is 8.20. The smallest absolute Gasteiger partial charge is 0.0607 e. The summed E-state index contributed by atoms with van der Waals surface area (Å²) in [5, 5.41) is 9.82. The third-order valence-corrected chi connectivity index (χ3v) is 7.58. The quantitative estimate of drug-likeness (QED) is 0.206. The number of fused-ring (bicyclic) bond motifs is 2. The van der Waals surface area contributed by atoms with Gasteiger partial charge in [-0.1, -0.05) is 116 Å². The second-order valence-electron chi connectivity index (χ2n) is 10.2. The molecule has 0 saturated heterocycles. The molecular weight excluding hydrogens is 356 g/mol. The zero-order valence-corrected chi connectivity index (χ0v) is 19.7. The Bertz CT molecular complexity index is 368. The van der Waals surface area contributed by atoms with Crippen LogP contribution in [-0.4, -0.2) is 23.9 Å². The van der Waals surface area contributed by atoms with Gasteiger partial charge in [0.15, 0.2) is 0 Å². The summed E-state index contributed by atoms with van der Waals surface area (Å²) in [5.41, 5.74) is 0. The second kappa shape index (κ2) is 16.6. The Kier molecular flexibility index (Phi) is 14.4. The van der Waals surface area contributed by atoms with Gasteiger partial charge in [0.25, 0.3) is 0 Å². The summed E-state index contributed by atoms with van der Waals surface area (Å²) in [4.78, 5) is 0. The lowest BCUT2D eigenvalue weighted by Crippen LogP contribution is -2.27. The summed E-state index contributed by atoms with van der Waals surface area (Å²) in [6, 6.07) is 0. The molecule has 2 bridgehead atoms. The van der Waals surface area contributed by atoms with Gasteiger partial charge in [0.05, 0.1) is 12.2 Å². The highest BCUT2D eigenvalue weighted by Crippen LogP contribution is 2.46. The zero-order chi connectivity index (χ0) is 20.6. The van der Waals surface area contributed by atoms with Crippen molar-refractivity contribution in [1.29, 1.82) is 0 Å². The summed E-state index contributed by atoms with van der Waals surface area (Å²) in [6.45, 7) is 3.24. The van der Waals surface area contributed by atoms with E-state index in [0.29, 0.717) is 17.9 Å². The molecule has 1 N–H and O–H groups in total. The maximum Gasteiger partial charge on any atom is 0.0607 e. The van der Waals surface area contributed by atoms with Crippen LogP contribution >= 0.6 is 0 Å². The average Bonchev–Trinajstić information content (AvgIpc) is 3.29. The SMILES string of the molecule is CCCCCCCCCCCCCCCCCCCCOC1CC2CC1CC2O. The highest BCUT2D eigenvalue weighted by molar-refractivity contribution is 4.96. The van der Waals surface area contributed by atoms with Crippen LogP contribution in [0.3, 0.4) is 0 Å². The van der Waals surface area contributed by atoms with Gasteiger partial charge in [-0.3, -0.25) is 0 Å². The molecule has 2 heteroatoms. The van der Waals surface area contributed by atoms with Crippen LogP contribution in [0.5, 0.6) is 0 Å². The fourth-order valence-electron chi connectivity index (χ4n) is 5.64. The summed E-state index contributed by atoms with van der Waals surface area (Å²) in [6.07, 6.45) is 29.5. The lowest BCUT2D eigenvalue weighted by Gasteiger charge is -2.25. The maximum atomic E-state index is 9.82. The molecule has 2 saturated carbocycles. The van der Waals surface area contributed by atoms with E-state index in [1.807, 2.05) is 0 Å². The molecule has 4 atom stereocenters. The van der Waals surface area contributed by atoms with Crippen LogP contribution in [-0.2, 0) is 4.74 Å². The number of hydrogen-bond donors (Lipinski definition) is 1. The van der Waals surface area contributed by atoms with Gasteiger partial charge in [0.2, 0.25) is 0 Å². The van der Waals surface area contributed by atoms with Gasteiger partial charge < -0.3 is 9.84 Å². The van der Waals surface area contributed by atoms with Crippen LogP contribution in [0.4, 0.5) is 0 Å². The maximum absolute atomic E-state index is 9.82. The van der Waals surface area contributed by atoms with Crippen molar-refractivity contribution in [3.8, 4) is 0 Å². The number of aliphatic hydroxyl groups is 1. The van der Waals surface area contributed by atoms with Gasteiger partial charge >= 0.3 is 0 Å². The highest BCUT2D eigenvalue weighted by Gasteiger charge is 2.45. The first-order valence-corrected chi connectivity index (χ1v) is 13.6. The molecule has 0 aliphatic heterocycles. The number of rotatable bonds is 20. The van der Waals surface area contributed by atoms with E-state index in [1.165, 1.54) is 122 Å². The lowest BCUT2D eigenvalue weighted by molar-refractivity contribution is -0.0126. The minimum absolute atomic E-state index is 0.0232. The molecule has 0 spiro atoms. The summed E-state index contributed by atoms with van der Waals surface area (Å²) in [5.74, 6) is 1.20. The van der Waals surface area contributed by atoms with Gasteiger partial charge in [-0.2, -0.15) is 0 Å². The Morgan fingerprint density at radius 1 is 0.552 bits per heavy atom. The Morgan fingerprint density at radius 2 is 1.00 bits per heavy atom. The molecule has 2 fully saturated rings. The Balaban J connectivity index is 1.21. The molecule has 0 amide bonds. The van der Waals surface area contributed by atoms with Crippen LogP contribution in [0.2, 0.25) is 0 Å². The van der Waals surface area contributed by atoms with Crippen LogP contribution in [0.15, 0.2) is 0 Å². The molecule has 4 unspecified atom stereocenters. The minimum Gasteiger partial charge on any atom is -0.393 e. The lowest BCUT2D eigenvalue weighted by atomic mass is 9.95. The first-order valence-electron chi connectivity index (χ1n) is 13.6. The third-order valence-electron chi connectivity index (χ3n) is 7.58. The van der Waals surface area contributed by atoms with Crippen molar-refractivity contribution in [1.82, 2.24) is 0 Å². The van der Waals surface area contributed by atoms with Crippen LogP contribution < -0.4 is 0 Å². The van der Waals surface area contributed by atoms with Crippen molar-refractivity contribution >= 4 is 0 Å². The van der Waals surface area contributed by atoms with Crippen LogP contribution in [0, 0.1) is 11.8 Å². The van der Waals surface area contributed by atoms with Crippen molar-refractivity contribution < 1.29 is 9.84 Å². The standard InChI is InChI=1S/C27H52O2/c1-2-3-4-5-6-7-8-9-10-11-12-13-14-15-16-17-18-19-20-29-27-23-24-21-25(27)22-26(24)28/h24-28H,2-23H2,1H3. The first kappa shape index (κ1) is 25.2. The van der Waals surface area contributed by atoms with Crippen molar-refractivity contribution in [3.63, 3.8) is 0 Å². The van der Waals surface area contributed by atoms with Crippen LogP contribution in [0.1, 0.15) is 142 Å². The van der Waals surface area contributed by atoms with Gasteiger partial charge in [0.1, 0.15) is 0 Å². The van der Waals surface area contributed by atoms with E-state index >= 15 is 0 Å². The van der Waals surface area contributed by atoms with E-state index in [4.69, 9.17) is 4.74 Å². The highest BCUT2D eigenvalue weighted by atomic mass is 16.5. The average molecular weight is 409 g/mol. The summed E-state index contributed by atoms with van der Waals surface area (Å²) in [7, 11) is 0. The van der Waals surface area contributed by atoms with E-state index in [2.05, 4.69) is 6.92 Å². The van der Waals surface area contributed by atoms with Gasteiger partial charge in [-0.25, -0.2) is 0 Å². The van der Waals surface area contributed by atoms with Crippen molar-refractivity contribution in [2.45, 2.75) is 154 Å². The summed E-state index contributed by atoms with van der Waals surface area (Å²) < 4.78 is 6.10. The zero-order valence-electron chi connectivity index (χ0n) is 19.7. The normalized spacial score (nSPS) is 25.9. The second-order valence-corrected chi connectivity index (χ2v) is 10.2. The minimum atomic E-state index is -0.0232.